The summed E-state index contributed by atoms with van der Waals surface area (Å²) in [5.74, 6) is 0.695. The third-order valence-corrected chi connectivity index (χ3v) is 5.81. The summed E-state index contributed by atoms with van der Waals surface area (Å²) in [6.07, 6.45) is 0. The number of hydrogen-bond donors (Lipinski definition) is 2. The fourth-order valence-corrected chi connectivity index (χ4v) is 3.89. The molecule has 10 nitrogen and oxygen atoms in total. The zero-order chi connectivity index (χ0) is 25.2. The zero-order valence-corrected chi connectivity index (χ0v) is 19.6. The third kappa shape index (κ3) is 4.27. The van der Waals surface area contributed by atoms with E-state index >= 15 is 0 Å². The topological polar surface area (TPSA) is 138 Å². The molecular formula is C26H22N6O4. The van der Waals surface area contributed by atoms with Gasteiger partial charge in [0, 0.05) is 16.8 Å². The van der Waals surface area contributed by atoms with Crippen molar-refractivity contribution in [2.75, 3.05) is 20.0 Å². The average molecular weight is 483 g/mol. The first-order valence-corrected chi connectivity index (χ1v) is 11.0. The van der Waals surface area contributed by atoms with Crippen molar-refractivity contribution in [2.24, 2.45) is 0 Å². The number of aromatic amines is 1. The van der Waals surface area contributed by atoms with Gasteiger partial charge in [-0.25, -0.2) is 14.5 Å². The number of benzene rings is 3. The van der Waals surface area contributed by atoms with Gasteiger partial charge in [0.15, 0.2) is 11.2 Å². The molecule has 0 saturated heterocycles. The summed E-state index contributed by atoms with van der Waals surface area (Å²) in [5.41, 5.74) is 10.6. The Bertz CT molecular complexity index is 1620. The number of anilines is 1. The van der Waals surface area contributed by atoms with Gasteiger partial charge in [0.1, 0.15) is 11.6 Å². The van der Waals surface area contributed by atoms with Crippen LogP contribution in [0.2, 0.25) is 0 Å². The Morgan fingerprint density at radius 2 is 1.72 bits per heavy atom. The van der Waals surface area contributed by atoms with Crippen LogP contribution in [0.25, 0.3) is 33.7 Å². The number of nitrogens with one attached hydrogen (secondary N) is 1. The number of H-pyrrole nitrogens is 1. The summed E-state index contributed by atoms with van der Waals surface area (Å²) >= 11 is 0. The van der Waals surface area contributed by atoms with Gasteiger partial charge in [-0.1, -0.05) is 41.6 Å². The van der Waals surface area contributed by atoms with E-state index in [1.807, 2.05) is 36.4 Å². The van der Waals surface area contributed by atoms with Crippen LogP contribution in [0, 0.1) is 0 Å². The van der Waals surface area contributed by atoms with E-state index in [1.165, 1.54) is 7.11 Å². The number of carbonyl (C=O) groups is 1. The molecule has 0 bridgehead atoms. The average Bonchev–Trinajstić information content (AvgIpc) is 3.31. The summed E-state index contributed by atoms with van der Waals surface area (Å²) in [5, 5.41) is 8.13. The van der Waals surface area contributed by atoms with Crippen LogP contribution >= 0.6 is 0 Å². The lowest BCUT2D eigenvalue weighted by molar-refractivity contribution is 0.0600. The van der Waals surface area contributed by atoms with E-state index in [0.29, 0.717) is 34.8 Å². The smallest absolute Gasteiger partial charge is 0.337 e. The molecule has 0 atom stereocenters. The van der Waals surface area contributed by atoms with Crippen molar-refractivity contribution in [3.63, 3.8) is 0 Å². The molecule has 0 fully saturated rings. The van der Waals surface area contributed by atoms with Gasteiger partial charge < -0.3 is 20.2 Å². The van der Waals surface area contributed by atoms with Gasteiger partial charge in [-0.2, -0.15) is 0 Å². The molecule has 10 heteroatoms. The summed E-state index contributed by atoms with van der Waals surface area (Å²) in [6, 6.07) is 19.9. The van der Waals surface area contributed by atoms with Crippen LogP contribution in [0.3, 0.4) is 0 Å². The van der Waals surface area contributed by atoms with Crippen LogP contribution in [0.15, 0.2) is 71.5 Å². The second kappa shape index (κ2) is 9.34. The van der Waals surface area contributed by atoms with Gasteiger partial charge >= 0.3 is 5.97 Å². The maximum absolute atomic E-state index is 12.7. The molecule has 0 aliphatic heterocycles. The van der Waals surface area contributed by atoms with Crippen molar-refractivity contribution < 1.29 is 14.3 Å². The van der Waals surface area contributed by atoms with E-state index < -0.39 is 11.5 Å². The van der Waals surface area contributed by atoms with Crippen LogP contribution in [-0.4, -0.2) is 45.2 Å². The molecule has 2 heterocycles. The maximum Gasteiger partial charge on any atom is 0.337 e. The summed E-state index contributed by atoms with van der Waals surface area (Å²) < 4.78 is 11.5. The van der Waals surface area contributed by atoms with Gasteiger partial charge in [0.2, 0.25) is 0 Å². The number of nitrogens with zero attached hydrogens (tertiary/aromatic N) is 4. The fourth-order valence-electron chi connectivity index (χ4n) is 3.89. The molecule has 0 aliphatic rings. The summed E-state index contributed by atoms with van der Waals surface area (Å²) in [4.78, 5) is 31.8. The van der Waals surface area contributed by atoms with Crippen LogP contribution in [0.5, 0.6) is 5.75 Å². The summed E-state index contributed by atoms with van der Waals surface area (Å²) in [6.45, 7) is 0.388. The molecule has 3 aromatic carbocycles. The minimum atomic E-state index is -0.406. The molecule has 5 rings (SSSR count). The number of hydrogen-bond acceptors (Lipinski definition) is 8. The van der Waals surface area contributed by atoms with Crippen molar-refractivity contribution in [3.05, 3.63) is 88.2 Å². The molecule has 3 N–H and O–H groups in total. The number of ether oxygens (including phenoxy) is 2. The van der Waals surface area contributed by atoms with Crippen molar-refractivity contribution in [2.45, 2.75) is 6.54 Å². The Morgan fingerprint density at radius 1 is 1.00 bits per heavy atom. The normalized spacial score (nSPS) is 10.9. The molecule has 0 aliphatic carbocycles. The number of nitrogen functional groups attached to an aromatic ring is 1. The number of nitrogens with two attached hydrogens (primary N) is 1. The zero-order valence-electron chi connectivity index (χ0n) is 19.6. The van der Waals surface area contributed by atoms with E-state index in [9.17, 15) is 9.59 Å². The lowest BCUT2D eigenvalue weighted by Gasteiger charge is -2.10. The lowest BCUT2D eigenvalue weighted by atomic mass is 10.00. The Labute approximate surface area is 205 Å². The van der Waals surface area contributed by atoms with Gasteiger partial charge in [-0.3, -0.25) is 4.79 Å². The number of aromatic nitrogens is 5. The maximum atomic E-state index is 12.7. The number of rotatable bonds is 6. The largest absolute Gasteiger partial charge is 0.497 e. The van der Waals surface area contributed by atoms with E-state index in [4.69, 9.17) is 15.2 Å². The quantitative estimate of drug-likeness (QED) is 0.278. The van der Waals surface area contributed by atoms with Crippen LogP contribution in [0.1, 0.15) is 15.9 Å². The highest BCUT2D eigenvalue weighted by molar-refractivity contribution is 5.90. The van der Waals surface area contributed by atoms with E-state index in [-0.39, 0.29) is 5.52 Å². The molecule has 0 radical (unpaired) electrons. The van der Waals surface area contributed by atoms with E-state index in [0.717, 1.165) is 22.4 Å². The van der Waals surface area contributed by atoms with Crippen molar-refractivity contribution in [1.29, 1.82) is 0 Å². The highest BCUT2D eigenvalue weighted by Crippen LogP contribution is 2.30. The Morgan fingerprint density at radius 3 is 2.39 bits per heavy atom. The minimum absolute atomic E-state index is 0.155. The van der Waals surface area contributed by atoms with Crippen molar-refractivity contribution in [1.82, 2.24) is 25.0 Å². The lowest BCUT2D eigenvalue weighted by Crippen LogP contribution is -2.11. The number of methoxy groups -OCH3 is 2. The highest BCUT2D eigenvalue weighted by atomic mass is 16.5. The van der Waals surface area contributed by atoms with Gasteiger partial charge in [-0.15, -0.1) is 5.10 Å². The monoisotopic (exact) mass is 482 g/mol. The SMILES string of the molecule is COC(=O)c1ccc(-c2ccc(-c3nc4c(nnn4Cc4ccc(OC)cc4)c(=O)[nH]3)cc2N)cc1. The molecule has 0 saturated carbocycles. The highest BCUT2D eigenvalue weighted by Gasteiger charge is 2.15. The molecule has 180 valence electrons. The second-order valence-electron chi connectivity index (χ2n) is 8.05. The predicted octanol–water partition coefficient (Wildman–Crippen LogP) is 3.27. The van der Waals surface area contributed by atoms with Crippen molar-refractivity contribution >= 4 is 22.8 Å². The van der Waals surface area contributed by atoms with Gasteiger partial charge in [-0.05, 0) is 41.5 Å². The third-order valence-electron chi connectivity index (χ3n) is 5.81. The van der Waals surface area contributed by atoms with E-state index in [2.05, 4.69) is 20.3 Å². The number of carbonyl (C=O) groups excluding carboxylic acids is 1. The standard InChI is InChI=1S/C26H22N6O4/c1-35-19-10-3-15(4-11-19)14-32-24-22(30-31-32)25(33)29-23(28-24)18-9-12-20(21(27)13-18)16-5-7-17(8-6-16)26(34)36-2/h3-13H,14,27H2,1-2H3,(H,28,29,33). The van der Waals surface area contributed by atoms with Crippen LogP contribution in [-0.2, 0) is 11.3 Å². The first-order chi connectivity index (χ1) is 17.5. The molecule has 0 amide bonds. The summed E-state index contributed by atoms with van der Waals surface area (Å²) in [7, 11) is 2.95. The fraction of sp³-hybridized carbons (Fsp3) is 0.115. The Kier molecular flexibility index (Phi) is 5.91. The molecule has 5 aromatic rings. The van der Waals surface area contributed by atoms with E-state index in [1.54, 1.807) is 42.1 Å². The van der Waals surface area contributed by atoms with Crippen molar-refractivity contribution in [3.8, 4) is 28.3 Å². The number of esters is 1. The molecule has 2 aromatic heterocycles. The first-order valence-electron chi connectivity index (χ1n) is 11.0. The van der Waals surface area contributed by atoms with Gasteiger partial charge in [0.05, 0.1) is 26.3 Å². The second-order valence-corrected chi connectivity index (χ2v) is 8.05. The number of fused-ring (bicyclic) bond motifs is 1. The Hall–Kier alpha value is -4.99. The Balaban J connectivity index is 1.47. The molecule has 0 unspecified atom stereocenters. The molecule has 36 heavy (non-hydrogen) atoms. The first kappa shape index (κ1) is 22.8. The van der Waals surface area contributed by atoms with Crippen LogP contribution in [0.4, 0.5) is 5.69 Å². The molecular weight excluding hydrogens is 460 g/mol. The van der Waals surface area contributed by atoms with Crippen LogP contribution < -0.4 is 16.0 Å². The molecule has 0 spiro atoms. The van der Waals surface area contributed by atoms with Gasteiger partial charge in [0.25, 0.3) is 5.56 Å². The predicted molar refractivity (Wildman–Crippen MR) is 135 cm³/mol. The minimum Gasteiger partial charge on any atom is -0.497 e.